The summed E-state index contributed by atoms with van der Waals surface area (Å²) < 4.78 is 4.67. The normalized spacial score (nSPS) is 9.50. The van der Waals surface area contributed by atoms with Gasteiger partial charge in [-0.05, 0) is 0 Å². The summed E-state index contributed by atoms with van der Waals surface area (Å²) in [6.07, 6.45) is 1.13. The van der Waals surface area contributed by atoms with Gasteiger partial charge in [-0.3, -0.25) is 0 Å². The topological polar surface area (TPSA) is 72.3 Å². The van der Waals surface area contributed by atoms with Crippen LogP contribution in [0.4, 0.5) is 0 Å². The Morgan fingerprint density at radius 2 is 2.33 bits per heavy atom. The molecule has 0 aliphatic carbocycles. The molecule has 1 rings (SSSR count). The summed E-state index contributed by atoms with van der Waals surface area (Å²) in [6.45, 7) is 0. The van der Waals surface area contributed by atoms with Crippen LogP contribution in [0.3, 0.4) is 0 Å². The number of aromatic nitrogens is 2. The van der Waals surface area contributed by atoms with E-state index in [2.05, 4.69) is 14.7 Å². The van der Waals surface area contributed by atoms with Crippen molar-refractivity contribution in [1.82, 2.24) is 9.97 Å². The lowest BCUT2D eigenvalue weighted by Gasteiger charge is -2.02. The predicted molar refractivity (Wildman–Crippen MR) is 40.6 cm³/mol. The number of aromatic carboxylic acids is 1. The van der Waals surface area contributed by atoms with Gasteiger partial charge in [0.2, 0.25) is 5.88 Å². The van der Waals surface area contributed by atoms with Crippen molar-refractivity contribution < 1.29 is 14.6 Å². The van der Waals surface area contributed by atoms with Crippen LogP contribution in [-0.4, -0.2) is 28.2 Å². The van der Waals surface area contributed by atoms with E-state index in [0.29, 0.717) is 0 Å². The van der Waals surface area contributed by atoms with Gasteiger partial charge in [0.15, 0.2) is 10.7 Å². The van der Waals surface area contributed by atoms with E-state index in [1.54, 1.807) is 0 Å². The Labute approximate surface area is 73.0 Å². The molecule has 6 heteroatoms. The fourth-order valence-electron chi connectivity index (χ4n) is 0.684. The van der Waals surface area contributed by atoms with Crippen molar-refractivity contribution in [2.24, 2.45) is 0 Å². The molecule has 0 spiro atoms. The minimum absolute atomic E-state index is 0.0394. The van der Waals surface area contributed by atoms with Gasteiger partial charge in [0, 0.05) is 0 Å². The highest BCUT2D eigenvalue weighted by Crippen LogP contribution is 2.20. The molecule has 0 aliphatic heterocycles. The quantitative estimate of drug-likeness (QED) is 0.697. The van der Waals surface area contributed by atoms with Gasteiger partial charge in [-0.2, -0.15) is 0 Å². The van der Waals surface area contributed by atoms with Gasteiger partial charge in [-0.25, -0.2) is 14.8 Å². The smallest absolute Gasteiger partial charge is 0.344 e. The Morgan fingerprint density at radius 1 is 1.67 bits per heavy atom. The van der Waals surface area contributed by atoms with Gasteiger partial charge in [0.25, 0.3) is 0 Å². The van der Waals surface area contributed by atoms with Crippen molar-refractivity contribution in [3.05, 3.63) is 17.0 Å². The third-order valence-corrected chi connectivity index (χ3v) is 1.46. The molecule has 5 nitrogen and oxygen atoms in total. The molecule has 0 saturated carbocycles. The zero-order valence-electron chi connectivity index (χ0n) is 6.11. The largest absolute Gasteiger partial charge is 0.480 e. The molecule has 0 aliphatic rings. The van der Waals surface area contributed by atoms with Crippen LogP contribution in [0.1, 0.15) is 10.4 Å². The van der Waals surface area contributed by atoms with E-state index >= 15 is 0 Å². The zero-order valence-corrected chi connectivity index (χ0v) is 6.87. The molecule has 0 fully saturated rings. The van der Waals surface area contributed by atoms with Crippen LogP contribution in [0.5, 0.6) is 5.88 Å². The highest BCUT2D eigenvalue weighted by Gasteiger charge is 2.17. The molecule has 0 bridgehead atoms. The Hall–Kier alpha value is -1.36. The van der Waals surface area contributed by atoms with Gasteiger partial charge in [-0.1, -0.05) is 11.6 Å². The molecule has 1 aromatic rings. The lowest BCUT2D eigenvalue weighted by molar-refractivity contribution is 0.0692. The number of carboxylic acids is 1. The highest BCUT2D eigenvalue weighted by atomic mass is 35.5. The number of nitrogens with zero attached hydrogens (tertiary/aromatic N) is 2. The number of halogens is 1. The van der Waals surface area contributed by atoms with Crippen molar-refractivity contribution in [2.75, 3.05) is 7.11 Å². The van der Waals surface area contributed by atoms with Crippen LogP contribution in [0.15, 0.2) is 6.33 Å². The molecule has 0 atom stereocenters. The van der Waals surface area contributed by atoms with Gasteiger partial charge < -0.3 is 9.84 Å². The monoisotopic (exact) mass is 188 g/mol. The number of carbonyl (C=O) groups is 1. The fourth-order valence-corrected chi connectivity index (χ4v) is 0.889. The molecule has 1 aromatic heterocycles. The summed E-state index contributed by atoms with van der Waals surface area (Å²) in [5, 5.41) is 8.50. The molecular formula is C6H5ClN2O3. The first-order chi connectivity index (χ1) is 5.66. The molecule has 0 amide bonds. The standard InChI is InChI=1S/C6H5ClN2O3/c1-12-5-3(6(10)11)4(7)8-2-9-5/h2H,1H3,(H,10,11). The maximum atomic E-state index is 10.6. The van der Waals surface area contributed by atoms with E-state index in [9.17, 15) is 4.79 Å². The number of rotatable bonds is 2. The van der Waals surface area contributed by atoms with Crippen LogP contribution in [0.2, 0.25) is 5.15 Å². The Balaban J connectivity index is 3.29. The first kappa shape index (κ1) is 8.73. The maximum absolute atomic E-state index is 10.6. The van der Waals surface area contributed by atoms with Crippen molar-refractivity contribution in [3.8, 4) is 5.88 Å². The maximum Gasteiger partial charge on any atom is 0.344 e. The van der Waals surface area contributed by atoms with E-state index in [1.165, 1.54) is 7.11 Å². The van der Waals surface area contributed by atoms with E-state index < -0.39 is 5.97 Å². The van der Waals surface area contributed by atoms with E-state index in [-0.39, 0.29) is 16.6 Å². The molecule has 0 radical (unpaired) electrons. The summed E-state index contributed by atoms with van der Waals surface area (Å²) in [5.41, 5.74) is -0.221. The molecule has 0 saturated heterocycles. The lowest BCUT2D eigenvalue weighted by Crippen LogP contribution is -2.04. The van der Waals surface area contributed by atoms with Crippen LogP contribution < -0.4 is 4.74 Å². The lowest BCUT2D eigenvalue weighted by atomic mass is 10.3. The second kappa shape index (κ2) is 3.36. The van der Waals surface area contributed by atoms with Crippen molar-refractivity contribution in [2.45, 2.75) is 0 Å². The average Bonchev–Trinajstić information content (AvgIpc) is 2.03. The highest BCUT2D eigenvalue weighted by molar-refractivity contribution is 6.32. The number of hydrogen-bond acceptors (Lipinski definition) is 4. The zero-order chi connectivity index (χ0) is 9.14. The Kier molecular flexibility index (Phi) is 2.44. The van der Waals surface area contributed by atoms with Crippen LogP contribution in [-0.2, 0) is 0 Å². The SMILES string of the molecule is COc1ncnc(Cl)c1C(=O)O. The predicted octanol–water partition coefficient (Wildman–Crippen LogP) is 0.837. The Bertz CT molecular complexity index is 316. The van der Waals surface area contributed by atoms with Crippen molar-refractivity contribution in [1.29, 1.82) is 0 Å². The second-order valence-corrected chi connectivity index (χ2v) is 2.21. The van der Waals surface area contributed by atoms with E-state index in [0.717, 1.165) is 6.33 Å². The molecular weight excluding hydrogens is 184 g/mol. The first-order valence-electron chi connectivity index (χ1n) is 2.94. The van der Waals surface area contributed by atoms with E-state index in [4.69, 9.17) is 16.7 Å². The van der Waals surface area contributed by atoms with Crippen molar-refractivity contribution in [3.63, 3.8) is 0 Å². The minimum Gasteiger partial charge on any atom is -0.480 e. The molecule has 1 heterocycles. The number of ether oxygens (including phenoxy) is 1. The summed E-state index contributed by atoms with van der Waals surface area (Å²) in [7, 11) is 1.31. The number of hydrogen-bond donors (Lipinski definition) is 1. The summed E-state index contributed by atoms with van der Waals surface area (Å²) in [4.78, 5) is 17.6. The summed E-state index contributed by atoms with van der Waals surface area (Å²) in [5.74, 6) is -1.25. The van der Waals surface area contributed by atoms with Crippen LogP contribution in [0.25, 0.3) is 0 Å². The first-order valence-corrected chi connectivity index (χ1v) is 3.32. The molecule has 1 N–H and O–H groups in total. The van der Waals surface area contributed by atoms with Gasteiger partial charge >= 0.3 is 5.97 Å². The molecule has 0 unspecified atom stereocenters. The number of methoxy groups -OCH3 is 1. The van der Waals surface area contributed by atoms with Crippen LogP contribution >= 0.6 is 11.6 Å². The second-order valence-electron chi connectivity index (χ2n) is 1.85. The van der Waals surface area contributed by atoms with Gasteiger partial charge in [-0.15, -0.1) is 0 Å². The van der Waals surface area contributed by atoms with Gasteiger partial charge in [0.1, 0.15) is 6.33 Å². The summed E-state index contributed by atoms with van der Waals surface area (Å²) in [6, 6.07) is 0. The molecule has 0 aromatic carbocycles. The third kappa shape index (κ3) is 1.45. The van der Waals surface area contributed by atoms with E-state index in [1.807, 2.05) is 0 Å². The average molecular weight is 189 g/mol. The summed E-state index contributed by atoms with van der Waals surface area (Å²) >= 11 is 5.49. The van der Waals surface area contributed by atoms with Crippen molar-refractivity contribution >= 4 is 17.6 Å². The molecule has 12 heavy (non-hydrogen) atoms. The van der Waals surface area contributed by atoms with Crippen LogP contribution in [0, 0.1) is 0 Å². The minimum atomic E-state index is -1.21. The third-order valence-electron chi connectivity index (χ3n) is 1.17. The molecule has 64 valence electrons. The van der Waals surface area contributed by atoms with Gasteiger partial charge in [0.05, 0.1) is 7.11 Å². The Morgan fingerprint density at radius 3 is 2.75 bits per heavy atom. The fraction of sp³-hybridized carbons (Fsp3) is 0.167. The number of carboxylic acid groups (broad SMARTS) is 1.